The number of aromatic nitrogens is 5. The van der Waals surface area contributed by atoms with Crippen molar-refractivity contribution in [3.05, 3.63) is 301 Å². The summed E-state index contributed by atoms with van der Waals surface area (Å²) in [5.74, 6) is 1.74. The minimum absolute atomic E-state index is 0.141. The van der Waals surface area contributed by atoms with Crippen molar-refractivity contribution in [2.45, 2.75) is 105 Å². The molecule has 498 valence electrons. The van der Waals surface area contributed by atoms with Crippen molar-refractivity contribution in [1.29, 1.82) is 0 Å². The van der Waals surface area contributed by atoms with E-state index in [4.69, 9.17) is 15.0 Å². The largest absolute Gasteiger partial charge is 0.310 e. The third-order valence-corrected chi connectivity index (χ3v) is 21.9. The minimum Gasteiger partial charge on any atom is -0.310 e. The lowest BCUT2D eigenvalue weighted by Gasteiger charge is -2.39. The Morgan fingerprint density at radius 1 is 0.243 bits per heavy atom. The van der Waals surface area contributed by atoms with Gasteiger partial charge in [-0.05, 0) is 189 Å². The summed E-state index contributed by atoms with van der Waals surface area (Å²) in [7, 11) is 0. The average molecular weight is 1330 g/mol. The summed E-state index contributed by atoms with van der Waals surface area (Å²) in [6.07, 6.45) is 0. The lowest BCUT2D eigenvalue weighted by Crippen LogP contribution is -2.60. The number of hydrogen-bond acceptors (Lipinski definition) is 3. The first-order valence-corrected chi connectivity index (χ1v) is 36.5. The van der Waals surface area contributed by atoms with Crippen LogP contribution in [0.25, 0.3) is 156 Å². The lowest BCUT2D eigenvalue weighted by atomic mass is 9.33. The summed E-state index contributed by atoms with van der Waals surface area (Å²) in [5, 5.41) is 4.97. The van der Waals surface area contributed by atoms with E-state index in [1.54, 1.807) is 0 Å². The Balaban J connectivity index is 1.18. The van der Waals surface area contributed by atoms with E-state index in [1.807, 2.05) is 0 Å². The quantitative estimate of drug-likeness (QED) is 0.135. The highest BCUT2D eigenvalue weighted by atomic mass is 15.1. The molecule has 0 saturated carbocycles. The first-order valence-electron chi connectivity index (χ1n) is 36.5. The van der Waals surface area contributed by atoms with Crippen LogP contribution in [0.2, 0.25) is 0 Å². The molecule has 103 heavy (non-hydrogen) atoms. The van der Waals surface area contributed by atoms with Gasteiger partial charge in [-0.1, -0.05) is 289 Å². The molecule has 0 fully saturated rings. The molecule has 0 N–H and O–H groups in total. The maximum Gasteiger partial charge on any atom is 0.252 e. The average Bonchev–Trinajstić information content (AvgIpc) is 1.57. The third-order valence-electron chi connectivity index (χ3n) is 21.9. The summed E-state index contributed by atoms with van der Waals surface area (Å²) in [6.45, 7) is 28.2. The van der Waals surface area contributed by atoms with Crippen LogP contribution in [0.5, 0.6) is 0 Å². The molecular formula is C97H82BN5. The molecule has 5 nitrogen and oxygen atoms in total. The van der Waals surface area contributed by atoms with Crippen LogP contribution in [0.1, 0.15) is 105 Å². The van der Waals surface area contributed by atoms with E-state index < -0.39 is 0 Å². The van der Waals surface area contributed by atoms with Gasteiger partial charge in [0.1, 0.15) is 0 Å². The predicted molar refractivity (Wildman–Crippen MR) is 437 cm³/mol. The zero-order valence-electron chi connectivity index (χ0n) is 60.9. The van der Waals surface area contributed by atoms with E-state index in [1.165, 1.54) is 71.2 Å². The second kappa shape index (κ2) is 23.6. The van der Waals surface area contributed by atoms with Crippen LogP contribution >= 0.6 is 0 Å². The second-order valence-corrected chi connectivity index (χ2v) is 32.8. The smallest absolute Gasteiger partial charge is 0.252 e. The zero-order chi connectivity index (χ0) is 70.6. The Morgan fingerprint density at radius 3 is 0.835 bits per heavy atom. The molecule has 0 amide bonds. The number of fused-ring (bicyclic) bond motifs is 10. The fraction of sp³-hybridized carbons (Fsp3) is 0.165. The van der Waals surface area contributed by atoms with Crippen molar-refractivity contribution >= 4 is 66.7 Å². The van der Waals surface area contributed by atoms with Gasteiger partial charge in [0.05, 0.1) is 22.4 Å². The number of nitrogens with zero attached hydrogens (tertiary/aromatic N) is 5. The maximum absolute atomic E-state index is 6.06. The molecule has 0 radical (unpaired) electrons. The van der Waals surface area contributed by atoms with Crippen LogP contribution in [0.15, 0.2) is 279 Å². The maximum atomic E-state index is 6.06. The second-order valence-electron chi connectivity index (χ2n) is 32.8. The molecular weight excluding hydrogens is 1250 g/mol. The van der Waals surface area contributed by atoms with Crippen molar-refractivity contribution in [2.75, 3.05) is 0 Å². The Hall–Kier alpha value is -11.5. The summed E-state index contributed by atoms with van der Waals surface area (Å²) in [5.41, 5.74) is 31.0. The van der Waals surface area contributed by atoms with Crippen LogP contribution in [0.3, 0.4) is 0 Å². The number of rotatable bonds is 9. The van der Waals surface area contributed by atoms with Gasteiger partial charge in [-0.2, -0.15) is 0 Å². The van der Waals surface area contributed by atoms with E-state index in [9.17, 15) is 0 Å². The van der Waals surface area contributed by atoms with Crippen LogP contribution < -0.4 is 16.4 Å². The SMILES string of the molecule is CC(C)(C)c1ccc2c(c1)c1cc(C(C)(C)C)cc3c1n2-c1c2c(c(-c4cc(-c5ccccc5)cc(-c5ccccc5)c4)c(-c4nc(-c5ccccc5)nc(-c5ccccc5)n4)c1-c1cc(-c4ccccc4)cc(-c4ccccc4)c1)-n1c4ccc(C(C)(C)C)cc4c4cc(C(C)(C)C)cc(c41)B23. The molecule has 6 heteroatoms. The molecule has 16 aromatic rings. The molecule has 18 rings (SSSR count). The van der Waals surface area contributed by atoms with Crippen LogP contribution in [-0.4, -0.2) is 30.8 Å². The van der Waals surface area contributed by atoms with Crippen LogP contribution in [-0.2, 0) is 21.7 Å². The summed E-state index contributed by atoms with van der Waals surface area (Å²) >= 11 is 0. The van der Waals surface area contributed by atoms with Crippen molar-refractivity contribution in [3.63, 3.8) is 0 Å². The molecule has 2 aliphatic heterocycles. The summed E-state index contributed by atoms with van der Waals surface area (Å²) < 4.78 is 5.45. The molecule has 0 spiro atoms. The zero-order valence-corrected chi connectivity index (χ0v) is 60.9. The number of hydrogen-bond donors (Lipinski definition) is 0. The molecule has 0 aliphatic carbocycles. The van der Waals surface area contributed by atoms with E-state index in [0.29, 0.717) is 17.5 Å². The highest BCUT2D eigenvalue weighted by Crippen LogP contribution is 2.54. The molecule has 13 aromatic carbocycles. The Bertz CT molecular complexity index is 5620. The van der Waals surface area contributed by atoms with Gasteiger partial charge in [0.15, 0.2) is 17.5 Å². The van der Waals surface area contributed by atoms with Crippen molar-refractivity contribution in [2.24, 2.45) is 0 Å². The third kappa shape index (κ3) is 10.6. The van der Waals surface area contributed by atoms with Gasteiger partial charge in [0.2, 0.25) is 0 Å². The van der Waals surface area contributed by atoms with E-state index in [2.05, 4.69) is 371 Å². The summed E-state index contributed by atoms with van der Waals surface area (Å²) in [6, 6.07) is 105. The van der Waals surface area contributed by atoms with Gasteiger partial charge in [-0.3, -0.25) is 0 Å². The van der Waals surface area contributed by atoms with E-state index in [0.717, 1.165) is 106 Å². The minimum atomic E-state index is -0.293. The Kier molecular flexibility index (Phi) is 14.6. The van der Waals surface area contributed by atoms with Gasteiger partial charge >= 0.3 is 0 Å². The first kappa shape index (κ1) is 63.7. The number of benzene rings is 13. The molecule has 3 aromatic heterocycles. The lowest BCUT2D eigenvalue weighted by molar-refractivity contribution is 0.590. The van der Waals surface area contributed by atoms with E-state index >= 15 is 0 Å². The normalized spacial score (nSPS) is 12.8. The van der Waals surface area contributed by atoms with Gasteiger partial charge in [-0.25, -0.2) is 15.0 Å². The predicted octanol–water partition coefficient (Wildman–Crippen LogP) is 23.4. The molecule has 0 unspecified atom stereocenters. The van der Waals surface area contributed by atoms with Gasteiger partial charge < -0.3 is 9.13 Å². The standard InChI is InChI=1S/C97H82BN5/c1-94(2,3)71-43-45-81-75(53-71)77-55-73(96(7,8)9)57-79-87(77)102(81)89-83(69-49-65(59-31-19-13-20-32-59)47-66(50-69)60-33-21-14-22-34-60)85(93-100-91(63-39-27-17-28-40-63)99-92(101-93)64-41-29-18-30-42-64)84(70-51-67(61-35-23-15-24-36-61)48-68(52-70)62-37-25-16-26-38-62)90-86(89)98(79)80-58-74(97(10,11)12)56-78-76-54-72(95(4,5)6)44-46-82(76)103(90)88(78)80/h13-58H,1-12H3. The van der Waals surface area contributed by atoms with Gasteiger partial charge in [0.25, 0.3) is 6.71 Å². The Morgan fingerprint density at radius 2 is 0.524 bits per heavy atom. The molecule has 2 aliphatic rings. The summed E-state index contributed by atoms with van der Waals surface area (Å²) in [4.78, 5) is 17.7. The van der Waals surface area contributed by atoms with Crippen molar-refractivity contribution in [3.8, 4) is 112 Å². The molecule has 0 bridgehead atoms. The highest BCUT2D eigenvalue weighted by molar-refractivity contribution is 7.00. The first-order chi connectivity index (χ1) is 49.6. The fourth-order valence-electron chi connectivity index (χ4n) is 16.5. The fourth-order valence-corrected chi connectivity index (χ4v) is 16.5. The van der Waals surface area contributed by atoms with Gasteiger partial charge in [0, 0.05) is 60.4 Å². The van der Waals surface area contributed by atoms with Crippen LogP contribution in [0, 0.1) is 0 Å². The highest BCUT2D eigenvalue weighted by Gasteiger charge is 2.47. The van der Waals surface area contributed by atoms with Crippen LogP contribution in [0.4, 0.5) is 0 Å². The molecule has 0 atom stereocenters. The topological polar surface area (TPSA) is 48.5 Å². The van der Waals surface area contributed by atoms with Crippen molar-refractivity contribution in [1.82, 2.24) is 24.1 Å². The van der Waals surface area contributed by atoms with E-state index in [-0.39, 0.29) is 28.4 Å². The molecule has 0 saturated heterocycles. The molecule has 5 heterocycles. The van der Waals surface area contributed by atoms with Crippen molar-refractivity contribution < 1.29 is 0 Å². The monoisotopic (exact) mass is 1330 g/mol. The van der Waals surface area contributed by atoms with Gasteiger partial charge in [-0.15, -0.1) is 0 Å². The Labute approximate surface area is 605 Å².